The van der Waals surface area contributed by atoms with E-state index in [1.165, 1.54) is 14.2 Å². The molecule has 0 aromatic heterocycles. The first kappa shape index (κ1) is 18.6. The molecule has 9 heteroatoms. The standard InChI is InChI=1S/C16H19N3O6/c1-22-15-7-14(16(23-2)6-13(15)17)19-18-12-4-10(8-24-20)3-11(5-12)9-25-21/h3-7,20-21H,8-9,17H2,1-2H3. The molecule has 0 atom stereocenters. The van der Waals surface area contributed by atoms with Crippen LogP contribution in [-0.4, -0.2) is 24.7 Å². The van der Waals surface area contributed by atoms with Crippen LogP contribution in [0.3, 0.4) is 0 Å². The molecule has 0 unspecified atom stereocenters. The number of hydrogen-bond acceptors (Lipinski definition) is 9. The maximum absolute atomic E-state index is 8.61. The van der Waals surface area contributed by atoms with Gasteiger partial charge >= 0.3 is 0 Å². The molecule has 25 heavy (non-hydrogen) atoms. The van der Waals surface area contributed by atoms with Crippen molar-refractivity contribution >= 4 is 17.1 Å². The zero-order chi connectivity index (χ0) is 18.2. The summed E-state index contributed by atoms with van der Waals surface area (Å²) in [7, 11) is 2.99. The Bertz CT molecular complexity index is 727. The van der Waals surface area contributed by atoms with Crippen LogP contribution in [0, 0.1) is 0 Å². The maximum Gasteiger partial charge on any atom is 0.148 e. The molecule has 0 saturated heterocycles. The lowest BCUT2D eigenvalue weighted by Gasteiger charge is -2.09. The number of ether oxygens (including phenoxy) is 2. The Morgan fingerprint density at radius 1 is 0.840 bits per heavy atom. The molecule has 0 spiro atoms. The predicted molar refractivity (Wildman–Crippen MR) is 89.4 cm³/mol. The molecule has 0 bridgehead atoms. The number of azo groups is 1. The van der Waals surface area contributed by atoms with E-state index in [1.54, 1.807) is 30.3 Å². The van der Waals surface area contributed by atoms with Gasteiger partial charge in [0.2, 0.25) is 0 Å². The third-order valence-corrected chi connectivity index (χ3v) is 3.30. The van der Waals surface area contributed by atoms with Gasteiger partial charge in [0, 0.05) is 12.1 Å². The minimum absolute atomic E-state index is 0.0409. The number of anilines is 1. The average molecular weight is 349 g/mol. The van der Waals surface area contributed by atoms with E-state index in [-0.39, 0.29) is 13.2 Å². The monoisotopic (exact) mass is 349 g/mol. The third-order valence-electron chi connectivity index (χ3n) is 3.30. The molecular formula is C16H19N3O6. The van der Waals surface area contributed by atoms with Gasteiger partial charge in [-0.05, 0) is 23.3 Å². The van der Waals surface area contributed by atoms with Crippen molar-refractivity contribution < 1.29 is 29.8 Å². The number of nitrogens with two attached hydrogens (primary N) is 1. The van der Waals surface area contributed by atoms with Crippen LogP contribution < -0.4 is 15.2 Å². The van der Waals surface area contributed by atoms with Crippen LogP contribution in [-0.2, 0) is 23.0 Å². The van der Waals surface area contributed by atoms with Gasteiger partial charge in [-0.15, -0.1) is 5.11 Å². The Morgan fingerprint density at radius 3 is 1.96 bits per heavy atom. The third kappa shape index (κ3) is 4.88. The predicted octanol–water partition coefficient (Wildman–Crippen LogP) is 3.68. The first-order valence-electron chi connectivity index (χ1n) is 7.20. The zero-order valence-electron chi connectivity index (χ0n) is 13.8. The van der Waals surface area contributed by atoms with E-state index in [1.807, 2.05) is 0 Å². The maximum atomic E-state index is 8.61. The molecule has 0 heterocycles. The van der Waals surface area contributed by atoms with Crippen LogP contribution in [0.2, 0.25) is 0 Å². The minimum atomic E-state index is -0.0409. The molecule has 0 fully saturated rings. The summed E-state index contributed by atoms with van der Waals surface area (Å²) in [5, 5.41) is 25.5. The summed E-state index contributed by atoms with van der Waals surface area (Å²) in [4.78, 5) is 8.27. The van der Waals surface area contributed by atoms with Crippen LogP contribution in [0.1, 0.15) is 11.1 Å². The second-order valence-electron chi connectivity index (χ2n) is 5.02. The van der Waals surface area contributed by atoms with Crippen molar-refractivity contribution in [2.24, 2.45) is 10.2 Å². The van der Waals surface area contributed by atoms with Crippen LogP contribution >= 0.6 is 0 Å². The van der Waals surface area contributed by atoms with Crippen LogP contribution in [0.25, 0.3) is 0 Å². The lowest BCUT2D eigenvalue weighted by atomic mass is 10.1. The normalized spacial score (nSPS) is 11.0. The van der Waals surface area contributed by atoms with Crippen molar-refractivity contribution in [1.82, 2.24) is 0 Å². The van der Waals surface area contributed by atoms with Gasteiger partial charge in [-0.25, -0.2) is 9.78 Å². The molecule has 134 valence electrons. The van der Waals surface area contributed by atoms with E-state index in [4.69, 9.17) is 25.7 Å². The zero-order valence-corrected chi connectivity index (χ0v) is 13.8. The van der Waals surface area contributed by atoms with E-state index in [2.05, 4.69) is 20.0 Å². The number of hydrogen-bond donors (Lipinski definition) is 3. The molecule has 0 radical (unpaired) electrons. The Hall–Kier alpha value is -2.72. The highest BCUT2D eigenvalue weighted by Crippen LogP contribution is 2.37. The summed E-state index contributed by atoms with van der Waals surface area (Å²) < 4.78 is 10.4. The Kier molecular flexibility index (Phi) is 6.66. The Morgan fingerprint density at radius 2 is 1.44 bits per heavy atom. The van der Waals surface area contributed by atoms with Crippen molar-refractivity contribution in [3.05, 3.63) is 41.5 Å². The molecule has 0 aliphatic rings. The largest absolute Gasteiger partial charge is 0.495 e. The van der Waals surface area contributed by atoms with Gasteiger partial charge in [-0.3, -0.25) is 10.5 Å². The molecule has 2 aromatic rings. The number of methoxy groups -OCH3 is 2. The van der Waals surface area contributed by atoms with Gasteiger partial charge < -0.3 is 15.2 Å². The highest BCUT2D eigenvalue weighted by atomic mass is 17.1. The fourth-order valence-corrected chi connectivity index (χ4v) is 2.21. The molecule has 0 saturated carbocycles. The minimum Gasteiger partial charge on any atom is -0.495 e. The second kappa shape index (κ2) is 8.94. The second-order valence-corrected chi connectivity index (χ2v) is 5.02. The van der Waals surface area contributed by atoms with Crippen molar-refractivity contribution in [1.29, 1.82) is 0 Å². The molecule has 0 aliphatic heterocycles. The number of nitrogens with zero attached hydrogens (tertiary/aromatic N) is 2. The molecule has 0 amide bonds. The average Bonchev–Trinajstić information content (AvgIpc) is 2.60. The topological polar surface area (TPSA) is 128 Å². The summed E-state index contributed by atoms with van der Waals surface area (Å²) in [5.74, 6) is 0.891. The first-order chi connectivity index (χ1) is 12.1. The van der Waals surface area contributed by atoms with Crippen molar-refractivity contribution in [2.45, 2.75) is 13.2 Å². The summed E-state index contributed by atoms with van der Waals surface area (Å²) in [5.41, 5.74) is 8.42. The highest BCUT2D eigenvalue weighted by Gasteiger charge is 2.09. The van der Waals surface area contributed by atoms with Crippen molar-refractivity contribution in [3.8, 4) is 11.5 Å². The van der Waals surface area contributed by atoms with E-state index < -0.39 is 0 Å². The van der Waals surface area contributed by atoms with E-state index in [9.17, 15) is 0 Å². The van der Waals surface area contributed by atoms with Gasteiger partial charge in [-0.1, -0.05) is 6.07 Å². The smallest absolute Gasteiger partial charge is 0.148 e. The summed E-state index contributed by atoms with van der Waals surface area (Å²) >= 11 is 0. The molecule has 0 aliphatic carbocycles. The van der Waals surface area contributed by atoms with Gasteiger partial charge in [0.05, 0.1) is 25.6 Å². The Labute approximate surface area is 144 Å². The van der Waals surface area contributed by atoms with Crippen LogP contribution in [0.5, 0.6) is 11.5 Å². The van der Waals surface area contributed by atoms with Gasteiger partial charge in [0.15, 0.2) is 0 Å². The Balaban J connectivity index is 2.37. The number of benzene rings is 2. The quantitative estimate of drug-likeness (QED) is 0.287. The summed E-state index contributed by atoms with van der Waals surface area (Å²) in [6, 6.07) is 8.23. The van der Waals surface area contributed by atoms with E-state index in [0.717, 1.165) is 0 Å². The highest BCUT2D eigenvalue weighted by molar-refractivity contribution is 5.67. The lowest BCUT2D eigenvalue weighted by molar-refractivity contribution is -0.254. The molecular weight excluding hydrogens is 330 g/mol. The van der Waals surface area contributed by atoms with Crippen LogP contribution in [0.4, 0.5) is 17.1 Å². The number of rotatable bonds is 8. The SMILES string of the molecule is COc1cc(N=Nc2cc(COO)cc(COO)c2)c(OC)cc1N. The summed E-state index contributed by atoms with van der Waals surface area (Å²) in [6.45, 7) is -0.0817. The van der Waals surface area contributed by atoms with Crippen molar-refractivity contribution in [2.75, 3.05) is 20.0 Å². The van der Waals surface area contributed by atoms with Crippen LogP contribution in [0.15, 0.2) is 40.6 Å². The summed E-state index contributed by atoms with van der Waals surface area (Å²) in [6.07, 6.45) is 0. The fourth-order valence-electron chi connectivity index (χ4n) is 2.21. The first-order valence-corrected chi connectivity index (χ1v) is 7.20. The van der Waals surface area contributed by atoms with Gasteiger partial charge in [0.25, 0.3) is 0 Å². The molecule has 2 rings (SSSR count). The van der Waals surface area contributed by atoms with Crippen molar-refractivity contribution in [3.63, 3.8) is 0 Å². The number of nitrogen functional groups attached to an aromatic ring is 1. The van der Waals surface area contributed by atoms with E-state index in [0.29, 0.717) is 39.7 Å². The molecule has 9 nitrogen and oxygen atoms in total. The molecule has 2 aromatic carbocycles. The van der Waals surface area contributed by atoms with Gasteiger partial charge in [0.1, 0.15) is 30.4 Å². The lowest BCUT2D eigenvalue weighted by Crippen LogP contribution is -1.94. The van der Waals surface area contributed by atoms with E-state index >= 15 is 0 Å². The molecule has 4 N–H and O–H groups in total. The fraction of sp³-hybridized carbons (Fsp3) is 0.250. The van der Waals surface area contributed by atoms with Gasteiger partial charge in [-0.2, -0.15) is 5.11 Å².